The fourth-order valence-electron chi connectivity index (χ4n) is 2.08. The van der Waals surface area contributed by atoms with E-state index in [2.05, 4.69) is 0 Å². The molecule has 0 radical (unpaired) electrons. The number of nitrogens with zero attached hydrogens (tertiary/aromatic N) is 3. The minimum atomic E-state index is -4.52. The molecule has 0 saturated heterocycles. The van der Waals surface area contributed by atoms with Crippen molar-refractivity contribution < 1.29 is 53.8 Å². The summed E-state index contributed by atoms with van der Waals surface area (Å²) in [5.41, 5.74) is 0. The number of aldehydes is 2. The van der Waals surface area contributed by atoms with Crippen LogP contribution in [0.15, 0.2) is 0 Å². The second-order valence-corrected chi connectivity index (χ2v) is 9.25. The molecule has 0 heterocycles. The van der Waals surface area contributed by atoms with Gasteiger partial charge in [0.05, 0.1) is 19.4 Å². The highest BCUT2D eigenvalue weighted by molar-refractivity contribution is 7.52. The average molecular weight is 471 g/mol. The molecule has 0 amide bonds. The average Bonchev–Trinajstić information content (AvgIpc) is 2.47. The Morgan fingerprint density at radius 3 is 1.39 bits per heavy atom. The normalized spacial score (nSPS) is 12.1. The van der Waals surface area contributed by atoms with Crippen LogP contribution in [0.4, 0.5) is 0 Å². The largest absolute Gasteiger partial charge is 0.412 e. The Morgan fingerprint density at radius 1 is 0.714 bits per heavy atom. The maximum Gasteiger partial charge on any atom is 0.339 e. The van der Waals surface area contributed by atoms with E-state index in [1.165, 1.54) is 0 Å². The third kappa shape index (κ3) is 18.9. The first kappa shape index (κ1) is 32.2. The van der Waals surface area contributed by atoms with E-state index in [1.54, 1.807) is 9.80 Å². The van der Waals surface area contributed by atoms with Gasteiger partial charge in [-0.3, -0.25) is 28.4 Å². The van der Waals surface area contributed by atoms with Crippen LogP contribution in [0.1, 0.15) is 0 Å². The quantitative estimate of drug-likeness (QED) is 0.131. The van der Waals surface area contributed by atoms with E-state index in [4.69, 9.17) is 19.6 Å². The summed E-state index contributed by atoms with van der Waals surface area (Å²) in [4.78, 5) is 61.4. The van der Waals surface area contributed by atoms with E-state index in [-0.39, 0.29) is 51.9 Å². The molecule has 0 fully saturated rings. The molecule has 0 spiro atoms. The molecule has 0 rings (SSSR count). The highest BCUT2D eigenvalue weighted by Gasteiger charge is 2.26. The summed E-state index contributed by atoms with van der Waals surface area (Å²) in [5, 5.41) is 0. The van der Waals surface area contributed by atoms with Crippen LogP contribution in [0.3, 0.4) is 0 Å². The van der Waals surface area contributed by atoms with Gasteiger partial charge < -0.3 is 40.1 Å². The zero-order valence-corrected chi connectivity index (χ0v) is 17.7. The Balaban J connectivity index is -0.00000312. The van der Waals surface area contributed by atoms with Crippen molar-refractivity contribution in [2.75, 3.05) is 58.1 Å². The number of carbonyl (C=O) groups is 2. The molecule has 0 unspecified atom stereocenters. The molecule has 0 aromatic heterocycles. The molecule has 28 heavy (non-hydrogen) atoms. The van der Waals surface area contributed by atoms with Crippen LogP contribution < -0.4 is 0 Å². The number of hydrogen-bond donors (Lipinski definition) is 4. The summed E-state index contributed by atoms with van der Waals surface area (Å²) < 4.78 is 33.1. The highest BCUT2D eigenvalue weighted by atomic mass is 31.2. The van der Waals surface area contributed by atoms with Crippen LogP contribution in [0.2, 0.25) is 0 Å². The van der Waals surface area contributed by atoms with Crippen molar-refractivity contribution in [3.05, 3.63) is 0 Å². The van der Waals surface area contributed by atoms with Gasteiger partial charge in [-0.05, 0) is 0 Å². The summed E-state index contributed by atoms with van der Waals surface area (Å²) >= 11 is 0. The van der Waals surface area contributed by atoms with Crippen LogP contribution in [-0.4, -0.2) is 116 Å². The lowest BCUT2D eigenvalue weighted by molar-refractivity contribution is -0.111. The predicted octanol–water partition coefficient (Wildman–Crippen LogP) is -2.84. The first-order valence-corrected chi connectivity index (χ1v) is 12.0. The number of carbonyl (C=O) groups excluding carboxylic acids is 2. The van der Waals surface area contributed by atoms with Gasteiger partial charge in [0, 0.05) is 26.2 Å². The smallest absolute Gasteiger partial charge is 0.339 e. The van der Waals surface area contributed by atoms with Crippen molar-refractivity contribution in [1.82, 2.24) is 14.7 Å². The summed E-state index contributed by atoms with van der Waals surface area (Å²) in [6, 6.07) is 0. The molecule has 0 aliphatic rings. The van der Waals surface area contributed by atoms with Gasteiger partial charge >= 0.3 is 15.2 Å². The zero-order chi connectivity index (χ0) is 20.2. The summed E-state index contributed by atoms with van der Waals surface area (Å²) in [6.07, 6.45) is -0.272. The zero-order valence-electron chi connectivity index (χ0n) is 15.0. The number of hydrogen-bond acceptors (Lipinski definition) is 8. The first-order chi connectivity index (χ1) is 12.0. The van der Waals surface area contributed by atoms with Crippen molar-refractivity contribution in [2.24, 2.45) is 0 Å². The number of rotatable bonds is 16. The van der Waals surface area contributed by atoms with E-state index in [1.807, 2.05) is 0 Å². The predicted molar refractivity (Wildman–Crippen MR) is 100 cm³/mol. The van der Waals surface area contributed by atoms with Crippen LogP contribution >= 0.6 is 23.7 Å². The summed E-state index contributed by atoms with van der Waals surface area (Å²) in [5.74, 6) is 0. The molecule has 0 aliphatic heterocycles. The molecule has 14 nitrogen and oxygen atoms in total. The Hall–Kier alpha value is -0.460. The Labute approximate surface area is 163 Å². The summed E-state index contributed by atoms with van der Waals surface area (Å²) in [7, 11) is -9.25. The molecule has 0 aromatic carbocycles. The van der Waals surface area contributed by atoms with Crippen molar-refractivity contribution in [3.8, 4) is 0 Å². The minimum absolute atomic E-state index is 0. The molecule has 0 bridgehead atoms. The van der Waals surface area contributed by atoms with Crippen LogP contribution in [-0.2, 0) is 23.3 Å². The standard InChI is InChI=1S/C11H24N3O9P3.2H2O/c15-7-5-12(6-8-16)1-2-13(9-24-17)3-4-14(10-25(18,19)20)11-26(21,22)23;;/h7-8H,1-6,9-11H2,(H2,18,19,20)(H2,21,22,23);2*1H2. The molecule has 17 heteroatoms. The fraction of sp³-hybridized carbons (Fsp3) is 0.818. The van der Waals surface area contributed by atoms with Crippen molar-refractivity contribution in [2.45, 2.75) is 0 Å². The molecule has 0 saturated carbocycles. The van der Waals surface area contributed by atoms with Gasteiger partial charge in [0.2, 0.25) is 0 Å². The lowest BCUT2D eigenvalue weighted by atomic mass is 10.4. The van der Waals surface area contributed by atoms with Crippen LogP contribution in [0, 0.1) is 0 Å². The molecule has 0 aliphatic carbocycles. The van der Waals surface area contributed by atoms with E-state index >= 15 is 0 Å². The van der Waals surface area contributed by atoms with E-state index in [0.29, 0.717) is 25.7 Å². The maximum atomic E-state index is 11.1. The first-order valence-electron chi connectivity index (χ1n) is 7.43. The monoisotopic (exact) mass is 471 g/mol. The highest BCUT2D eigenvalue weighted by Crippen LogP contribution is 2.40. The molecule has 0 atom stereocenters. The molecular formula is C11H28N3O11P3. The van der Waals surface area contributed by atoms with Crippen molar-refractivity contribution >= 4 is 36.2 Å². The Bertz CT molecular complexity index is 507. The van der Waals surface area contributed by atoms with Gasteiger partial charge in [-0.25, -0.2) is 0 Å². The second kappa shape index (κ2) is 16.3. The molecule has 168 valence electrons. The second-order valence-electron chi connectivity index (χ2n) is 5.49. The summed E-state index contributed by atoms with van der Waals surface area (Å²) in [6.45, 7) is 0.757. The van der Waals surface area contributed by atoms with Gasteiger partial charge in [0.15, 0.2) is 8.46 Å². The minimum Gasteiger partial charge on any atom is -0.412 e. The third-order valence-corrected chi connectivity index (χ3v) is 5.21. The fourth-order valence-corrected chi connectivity index (χ4v) is 4.20. The molecule has 8 N–H and O–H groups in total. The maximum absolute atomic E-state index is 11.1. The lowest BCUT2D eigenvalue weighted by Gasteiger charge is -2.28. The van der Waals surface area contributed by atoms with Gasteiger partial charge in [-0.2, -0.15) is 0 Å². The van der Waals surface area contributed by atoms with Crippen LogP contribution in [0.5, 0.6) is 0 Å². The Morgan fingerprint density at radius 2 is 1.07 bits per heavy atom. The molecule has 0 aromatic rings. The SMILES string of the molecule is O.O.O=CCN(CC=O)CCN(CCN(CP(=O)(O)O)CP(=O)(O)O)CP=O. The Kier molecular flexibility index (Phi) is 18.8. The van der Waals surface area contributed by atoms with Crippen molar-refractivity contribution in [3.63, 3.8) is 0 Å². The van der Waals surface area contributed by atoms with E-state index in [9.17, 15) is 23.3 Å². The van der Waals surface area contributed by atoms with Gasteiger partial charge in [0.25, 0.3) is 0 Å². The lowest BCUT2D eigenvalue weighted by Crippen LogP contribution is -2.40. The third-order valence-electron chi connectivity index (χ3n) is 3.16. The van der Waals surface area contributed by atoms with Gasteiger partial charge in [-0.15, -0.1) is 0 Å². The van der Waals surface area contributed by atoms with Gasteiger partial charge in [-0.1, -0.05) is 0 Å². The molecular weight excluding hydrogens is 443 g/mol. The van der Waals surface area contributed by atoms with Crippen molar-refractivity contribution in [1.29, 1.82) is 0 Å². The topological polar surface area (TPSA) is 239 Å². The van der Waals surface area contributed by atoms with Crippen LogP contribution in [0.25, 0.3) is 0 Å². The van der Waals surface area contributed by atoms with E-state index in [0.717, 1.165) is 4.90 Å². The van der Waals surface area contributed by atoms with E-state index < -0.39 is 27.8 Å². The van der Waals surface area contributed by atoms with Gasteiger partial charge in [0.1, 0.15) is 25.1 Å².